The van der Waals surface area contributed by atoms with E-state index in [1.54, 1.807) is 0 Å². The summed E-state index contributed by atoms with van der Waals surface area (Å²) in [5, 5.41) is 0. The maximum atomic E-state index is 12.6. The summed E-state index contributed by atoms with van der Waals surface area (Å²) < 4.78 is 23.6. The van der Waals surface area contributed by atoms with Crippen molar-refractivity contribution in [3.05, 3.63) is 0 Å². The maximum absolute atomic E-state index is 12.6. The highest BCUT2D eigenvalue weighted by atomic mass is 32.1. The topological polar surface area (TPSA) is 35.5 Å². The summed E-state index contributed by atoms with van der Waals surface area (Å²) in [6.45, 7) is 9.60. The molecule has 0 bridgehead atoms. The Hall–Kier alpha value is 0.500. The highest BCUT2D eigenvalue weighted by Crippen LogP contribution is 2.57. The van der Waals surface area contributed by atoms with Gasteiger partial charge in [0.25, 0.3) is 0 Å². The van der Waals surface area contributed by atoms with E-state index in [4.69, 9.17) is 9.05 Å². The van der Waals surface area contributed by atoms with Crippen molar-refractivity contribution in [3.8, 4) is 0 Å². The van der Waals surface area contributed by atoms with Gasteiger partial charge in [-0.2, -0.15) is 12.6 Å². The Balaban J connectivity index is 4.49. The van der Waals surface area contributed by atoms with Crippen molar-refractivity contribution >= 4 is 20.2 Å². The molecule has 0 fully saturated rings. The zero-order valence-electron chi connectivity index (χ0n) is 11.7. The predicted octanol–water partition coefficient (Wildman–Crippen LogP) is 4.87. The Bertz CT molecular complexity index is 230. The second-order valence-corrected chi connectivity index (χ2v) is 7.98. The lowest BCUT2D eigenvalue weighted by Gasteiger charge is -2.27. The van der Waals surface area contributed by atoms with Crippen molar-refractivity contribution in [2.24, 2.45) is 0 Å². The SMILES string of the molecule is CCCCC[C@@H](S)P(=O)(OC(C)C)OC(C)C. The Morgan fingerprint density at radius 1 is 1.06 bits per heavy atom. The van der Waals surface area contributed by atoms with Gasteiger partial charge in [-0.25, -0.2) is 0 Å². The fraction of sp³-hybridized carbons (Fsp3) is 1.00. The molecule has 0 saturated carbocycles. The van der Waals surface area contributed by atoms with Gasteiger partial charge < -0.3 is 9.05 Å². The van der Waals surface area contributed by atoms with Crippen LogP contribution in [0.4, 0.5) is 0 Å². The molecule has 0 aliphatic heterocycles. The van der Waals surface area contributed by atoms with E-state index in [1.807, 2.05) is 27.7 Å². The van der Waals surface area contributed by atoms with Gasteiger partial charge in [-0.05, 0) is 34.1 Å². The average molecular weight is 282 g/mol. The van der Waals surface area contributed by atoms with Crippen LogP contribution in [0.2, 0.25) is 0 Å². The van der Waals surface area contributed by atoms with Gasteiger partial charge in [0.2, 0.25) is 0 Å². The first-order valence-electron chi connectivity index (χ1n) is 6.46. The molecule has 0 amide bonds. The monoisotopic (exact) mass is 282 g/mol. The van der Waals surface area contributed by atoms with Crippen LogP contribution < -0.4 is 0 Å². The van der Waals surface area contributed by atoms with Gasteiger partial charge in [0, 0.05) is 0 Å². The van der Waals surface area contributed by atoms with Gasteiger partial charge in [-0.15, -0.1) is 0 Å². The summed E-state index contributed by atoms with van der Waals surface area (Å²) in [5.41, 5.74) is 0. The van der Waals surface area contributed by atoms with E-state index in [0.29, 0.717) is 0 Å². The normalized spacial score (nSPS) is 14.6. The smallest absolute Gasteiger partial charge is 0.305 e. The molecule has 0 saturated heterocycles. The molecule has 0 unspecified atom stereocenters. The first-order valence-corrected chi connectivity index (χ1v) is 8.59. The zero-order valence-corrected chi connectivity index (χ0v) is 13.5. The van der Waals surface area contributed by atoms with E-state index >= 15 is 0 Å². The second-order valence-electron chi connectivity index (χ2n) is 4.82. The maximum Gasteiger partial charge on any atom is 0.343 e. The molecule has 3 nitrogen and oxygen atoms in total. The van der Waals surface area contributed by atoms with Crippen molar-refractivity contribution in [1.82, 2.24) is 0 Å². The largest absolute Gasteiger partial charge is 0.343 e. The molecule has 0 spiro atoms. The molecule has 1 atom stereocenters. The molecule has 17 heavy (non-hydrogen) atoms. The molecule has 0 aliphatic carbocycles. The molecule has 0 aromatic rings. The molecule has 104 valence electrons. The lowest BCUT2D eigenvalue weighted by molar-refractivity contribution is 0.140. The standard InChI is InChI=1S/C12H27O3PS/c1-6-7-8-9-12(17)16(13,14-10(2)3)15-11(4)5/h10-12,17H,6-9H2,1-5H3/t12-/m1/s1. The van der Waals surface area contributed by atoms with Crippen LogP contribution in [-0.2, 0) is 13.6 Å². The minimum Gasteiger partial charge on any atom is -0.305 e. The third-order valence-electron chi connectivity index (χ3n) is 2.15. The molecule has 0 rings (SSSR count). The van der Waals surface area contributed by atoms with Crippen LogP contribution in [-0.4, -0.2) is 17.2 Å². The van der Waals surface area contributed by atoms with Gasteiger partial charge in [-0.1, -0.05) is 26.2 Å². The predicted molar refractivity (Wildman–Crippen MR) is 77.0 cm³/mol. The van der Waals surface area contributed by atoms with Crippen LogP contribution >= 0.6 is 20.2 Å². The van der Waals surface area contributed by atoms with Crippen molar-refractivity contribution < 1.29 is 13.6 Å². The first-order chi connectivity index (χ1) is 7.81. The summed E-state index contributed by atoms with van der Waals surface area (Å²) in [5.74, 6) is 0. The lowest BCUT2D eigenvalue weighted by atomic mass is 10.2. The van der Waals surface area contributed by atoms with Crippen LogP contribution in [0.5, 0.6) is 0 Å². The third-order valence-corrected chi connectivity index (χ3v) is 5.67. The van der Waals surface area contributed by atoms with E-state index in [2.05, 4.69) is 19.6 Å². The molecule has 0 N–H and O–H groups in total. The lowest BCUT2D eigenvalue weighted by Crippen LogP contribution is -2.14. The number of thiol groups is 1. The minimum absolute atomic E-state index is 0.111. The van der Waals surface area contributed by atoms with Gasteiger partial charge >= 0.3 is 7.60 Å². The molecule has 5 heteroatoms. The summed E-state index contributed by atoms with van der Waals surface area (Å²) >= 11 is 4.42. The third kappa shape index (κ3) is 7.50. The summed E-state index contributed by atoms with van der Waals surface area (Å²) in [6, 6.07) is 0. The molecule has 0 aliphatic rings. The fourth-order valence-corrected chi connectivity index (χ4v) is 4.00. The number of hydrogen-bond acceptors (Lipinski definition) is 4. The van der Waals surface area contributed by atoms with Crippen LogP contribution in [0.25, 0.3) is 0 Å². The van der Waals surface area contributed by atoms with Crippen molar-refractivity contribution in [2.45, 2.75) is 77.5 Å². The van der Waals surface area contributed by atoms with E-state index in [0.717, 1.165) is 25.7 Å². The Labute approximate surface area is 112 Å². The minimum atomic E-state index is -3.10. The van der Waals surface area contributed by atoms with E-state index < -0.39 is 7.60 Å². The highest BCUT2D eigenvalue weighted by Gasteiger charge is 2.35. The molecule has 0 aromatic heterocycles. The summed E-state index contributed by atoms with van der Waals surface area (Å²) in [6.07, 6.45) is 3.83. The molecule has 0 aromatic carbocycles. The molecular weight excluding hydrogens is 255 g/mol. The second kappa shape index (κ2) is 8.58. The highest BCUT2D eigenvalue weighted by molar-refractivity contribution is 7.89. The first kappa shape index (κ1) is 17.5. The van der Waals surface area contributed by atoms with Crippen LogP contribution in [0.3, 0.4) is 0 Å². The molecule has 0 heterocycles. The zero-order chi connectivity index (χ0) is 13.5. The Morgan fingerprint density at radius 2 is 1.53 bits per heavy atom. The molecule has 0 radical (unpaired) electrons. The van der Waals surface area contributed by atoms with E-state index in [1.165, 1.54) is 0 Å². The van der Waals surface area contributed by atoms with Gasteiger partial charge in [0.1, 0.15) is 4.99 Å². The van der Waals surface area contributed by atoms with Gasteiger partial charge in [-0.3, -0.25) is 4.57 Å². The van der Waals surface area contributed by atoms with Crippen molar-refractivity contribution in [3.63, 3.8) is 0 Å². The van der Waals surface area contributed by atoms with E-state index in [9.17, 15) is 4.57 Å². The fourth-order valence-electron chi connectivity index (χ4n) is 1.49. The van der Waals surface area contributed by atoms with Crippen LogP contribution in [0, 0.1) is 0 Å². The van der Waals surface area contributed by atoms with Crippen molar-refractivity contribution in [2.75, 3.05) is 0 Å². The van der Waals surface area contributed by atoms with Crippen LogP contribution in [0.1, 0.15) is 60.3 Å². The Morgan fingerprint density at radius 3 is 1.88 bits per heavy atom. The van der Waals surface area contributed by atoms with E-state index in [-0.39, 0.29) is 17.2 Å². The summed E-state index contributed by atoms with van der Waals surface area (Å²) in [7, 11) is -3.10. The number of unbranched alkanes of at least 4 members (excludes halogenated alkanes) is 2. The number of rotatable bonds is 9. The average Bonchev–Trinajstić information content (AvgIpc) is 2.15. The quantitative estimate of drug-likeness (QED) is 0.372. The number of hydrogen-bond donors (Lipinski definition) is 1. The van der Waals surface area contributed by atoms with Crippen molar-refractivity contribution in [1.29, 1.82) is 0 Å². The summed E-state index contributed by atoms with van der Waals surface area (Å²) in [4.78, 5) is -0.321. The van der Waals surface area contributed by atoms with Gasteiger partial charge in [0.05, 0.1) is 12.2 Å². The van der Waals surface area contributed by atoms with Gasteiger partial charge in [0.15, 0.2) is 0 Å². The Kier molecular flexibility index (Phi) is 8.83. The molecular formula is C12H27O3PS. The van der Waals surface area contributed by atoms with Crippen LogP contribution in [0.15, 0.2) is 0 Å².